The number of esters is 2. The minimum atomic E-state index is -0.699. The van der Waals surface area contributed by atoms with Crippen LogP contribution >= 0.6 is 0 Å². The number of aromatic hydroxyl groups is 1. The molecule has 0 aliphatic heterocycles. The third kappa shape index (κ3) is 4.74. The molecule has 1 N–H and O–H groups in total. The molecule has 0 amide bonds. The van der Waals surface area contributed by atoms with E-state index in [1.165, 1.54) is 0 Å². The maximum Gasteiger partial charge on any atom is 0.345 e. The quantitative estimate of drug-likeness (QED) is 0.784. The van der Waals surface area contributed by atoms with Gasteiger partial charge in [0.15, 0.2) is 6.61 Å². The average molecular weight is 348 g/mol. The third-order valence-corrected chi connectivity index (χ3v) is 5.12. The van der Waals surface area contributed by atoms with E-state index in [1.54, 1.807) is 38.1 Å². The molecule has 0 bridgehead atoms. The van der Waals surface area contributed by atoms with Gasteiger partial charge in [-0.05, 0) is 63.6 Å². The van der Waals surface area contributed by atoms with Crippen molar-refractivity contribution in [2.45, 2.75) is 64.9 Å². The van der Waals surface area contributed by atoms with E-state index in [0.29, 0.717) is 6.42 Å². The van der Waals surface area contributed by atoms with Crippen LogP contribution in [0.5, 0.6) is 5.75 Å². The first-order valence-corrected chi connectivity index (χ1v) is 8.98. The van der Waals surface area contributed by atoms with Crippen molar-refractivity contribution in [3.63, 3.8) is 0 Å². The molecule has 5 heteroatoms. The highest BCUT2D eigenvalue weighted by Crippen LogP contribution is 2.41. The van der Waals surface area contributed by atoms with Crippen molar-refractivity contribution in [3.8, 4) is 5.75 Å². The lowest BCUT2D eigenvalue weighted by Crippen LogP contribution is -2.37. The molecule has 1 aromatic carbocycles. The summed E-state index contributed by atoms with van der Waals surface area (Å²) in [5.74, 6) is -0.749. The third-order valence-electron chi connectivity index (χ3n) is 5.12. The molecular weight excluding hydrogens is 320 g/mol. The summed E-state index contributed by atoms with van der Waals surface area (Å²) < 4.78 is 11.0. The van der Waals surface area contributed by atoms with E-state index in [4.69, 9.17) is 9.47 Å². The number of phenols is 1. The minimum absolute atomic E-state index is 0.178. The highest BCUT2D eigenvalue weighted by atomic mass is 16.6. The van der Waals surface area contributed by atoms with Crippen molar-refractivity contribution in [2.24, 2.45) is 5.41 Å². The molecule has 1 aromatic rings. The second kappa shape index (κ2) is 7.89. The average Bonchev–Trinajstić information content (AvgIpc) is 2.60. The van der Waals surface area contributed by atoms with Gasteiger partial charge in [-0.15, -0.1) is 0 Å². The molecule has 0 aromatic heterocycles. The van der Waals surface area contributed by atoms with Gasteiger partial charge in [0.1, 0.15) is 11.4 Å². The fourth-order valence-corrected chi connectivity index (χ4v) is 3.05. The van der Waals surface area contributed by atoms with E-state index < -0.39 is 23.0 Å². The predicted octanol–water partition coefficient (Wildman–Crippen LogP) is 4.07. The second-order valence-corrected chi connectivity index (χ2v) is 7.39. The van der Waals surface area contributed by atoms with Crippen LogP contribution in [0.3, 0.4) is 0 Å². The number of hydrogen-bond donors (Lipinski definition) is 1. The molecule has 2 rings (SSSR count). The highest BCUT2D eigenvalue weighted by molar-refractivity contribution is 5.80. The Morgan fingerprint density at radius 2 is 1.72 bits per heavy atom. The van der Waals surface area contributed by atoms with Crippen LogP contribution in [0.25, 0.3) is 0 Å². The Hall–Kier alpha value is -2.04. The molecule has 0 spiro atoms. The van der Waals surface area contributed by atoms with E-state index in [2.05, 4.69) is 0 Å². The monoisotopic (exact) mass is 348 g/mol. The molecule has 0 unspecified atom stereocenters. The van der Waals surface area contributed by atoms with Gasteiger partial charge in [0.05, 0.1) is 5.41 Å². The Morgan fingerprint density at radius 3 is 2.28 bits per heavy atom. The molecule has 1 aliphatic rings. The van der Waals surface area contributed by atoms with E-state index >= 15 is 0 Å². The van der Waals surface area contributed by atoms with Crippen molar-refractivity contribution >= 4 is 11.9 Å². The molecule has 0 radical (unpaired) electrons. The van der Waals surface area contributed by atoms with Crippen molar-refractivity contribution in [2.75, 3.05) is 6.61 Å². The molecule has 5 nitrogen and oxygen atoms in total. The van der Waals surface area contributed by atoms with Crippen LogP contribution in [-0.4, -0.2) is 23.7 Å². The molecular formula is C20H28O5. The second-order valence-electron chi connectivity index (χ2n) is 7.39. The summed E-state index contributed by atoms with van der Waals surface area (Å²) in [5.41, 5.74) is -0.436. The van der Waals surface area contributed by atoms with Crippen LogP contribution < -0.4 is 0 Å². The van der Waals surface area contributed by atoms with Gasteiger partial charge in [-0.25, -0.2) is 4.79 Å². The number of benzene rings is 1. The van der Waals surface area contributed by atoms with Gasteiger partial charge in [-0.3, -0.25) is 4.79 Å². The largest absolute Gasteiger partial charge is 0.508 e. The lowest BCUT2D eigenvalue weighted by Gasteiger charge is -2.37. The smallest absolute Gasteiger partial charge is 0.345 e. The summed E-state index contributed by atoms with van der Waals surface area (Å²) in [7, 11) is 0. The topological polar surface area (TPSA) is 72.8 Å². The summed E-state index contributed by atoms with van der Waals surface area (Å²) in [4.78, 5) is 24.3. The number of ether oxygens (including phenoxy) is 2. The number of carbonyl (C=O) groups excluding carboxylic acids is 2. The van der Waals surface area contributed by atoms with Crippen molar-refractivity contribution < 1.29 is 24.2 Å². The van der Waals surface area contributed by atoms with E-state index in [1.807, 2.05) is 6.92 Å². The van der Waals surface area contributed by atoms with Gasteiger partial charge in [0.2, 0.25) is 0 Å². The summed E-state index contributed by atoms with van der Waals surface area (Å²) in [6.07, 6.45) is 5.15. The van der Waals surface area contributed by atoms with Gasteiger partial charge in [-0.2, -0.15) is 0 Å². The van der Waals surface area contributed by atoms with Gasteiger partial charge in [-0.1, -0.05) is 25.5 Å². The van der Waals surface area contributed by atoms with E-state index in [0.717, 1.165) is 37.7 Å². The van der Waals surface area contributed by atoms with Crippen LogP contribution in [0.4, 0.5) is 0 Å². The minimum Gasteiger partial charge on any atom is -0.508 e. The first-order chi connectivity index (χ1) is 11.8. The zero-order valence-corrected chi connectivity index (χ0v) is 15.3. The summed E-state index contributed by atoms with van der Waals surface area (Å²) >= 11 is 0. The number of rotatable bonds is 6. The van der Waals surface area contributed by atoms with Crippen LogP contribution in [0.2, 0.25) is 0 Å². The van der Waals surface area contributed by atoms with Gasteiger partial charge >= 0.3 is 11.9 Å². The Bertz CT molecular complexity index is 597. The normalized spacial score (nSPS) is 16.9. The van der Waals surface area contributed by atoms with Crippen molar-refractivity contribution in [3.05, 3.63) is 29.8 Å². The van der Waals surface area contributed by atoms with Crippen molar-refractivity contribution in [1.82, 2.24) is 0 Å². The summed E-state index contributed by atoms with van der Waals surface area (Å²) in [6, 6.07) is 6.78. The number of phenolic OH excluding ortho intramolecular Hbond substituents is 1. The van der Waals surface area contributed by atoms with Crippen LogP contribution in [-0.2, 0) is 24.7 Å². The fourth-order valence-electron chi connectivity index (χ4n) is 3.05. The zero-order valence-electron chi connectivity index (χ0n) is 15.3. The lowest BCUT2D eigenvalue weighted by molar-refractivity contribution is -0.177. The number of carbonyl (C=O) groups is 2. The number of hydrogen-bond acceptors (Lipinski definition) is 5. The van der Waals surface area contributed by atoms with Gasteiger partial charge in [0, 0.05) is 0 Å². The Kier molecular flexibility index (Phi) is 6.09. The summed E-state index contributed by atoms with van der Waals surface area (Å²) in [6.45, 7) is 5.11. The summed E-state index contributed by atoms with van der Waals surface area (Å²) in [5, 5.41) is 9.50. The van der Waals surface area contributed by atoms with E-state index in [9.17, 15) is 14.7 Å². The van der Waals surface area contributed by atoms with Gasteiger partial charge < -0.3 is 14.6 Å². The fraction of sp³-hybridized carbons (Fsp3) is 0.600. The van der Waals surface area contributed by atoms with Crippen molar-refractivity contribution in [1.29, 1.82) is 0 Å². The molecule has 0 atom stereocenters. The molecule has 25 heavy (non-hydrogen) atoms. The zero-order chi connectivity index (χ0) is 18.5. The van der Waals surface area contributed by atoms with Crippen LogP contribution in [0.1, 0.15) is 64.9 Å². The SMILES string of the molecule is CCC(C)(C)C(=O)OCC(=O)OC1(c2ccc(O)cc2)CCCCC1. The van der Waals surface area contributed by atoms with Crippen LogP contribution in [0, 0.1) is 5.41 Å². The lowest BCUT2D eigenvalue weighted by atomic mass is 9.79. The molecule has 0 heterocycles. The molecule has 0 saturated heterocycles. The predicted molar refractivity (Wildman–Crippen MR) is 94.0 cm³/mol. The van der Waals surface area contributed by atoms with Crippen LogP contribution in [0.15, 0.2) is 24.3 Å². The highest BCUT2D eigenvalue weighted by Gasteiger charge is 2.38. The maximum atomic E-state index is 12.3. The standard InChI is InChI=1S/C20H28O5/c1-4-19(2,3)18(23)24-14-17(22)25-20(12-6-5-7-13-20)15-8-10-16(21)11-9-15/h8-11,21H,4-7,12-14H2,1-3H3. The molecule has 1 saturated carbocycles. The Balaban J connectivity index is 2.06. The van der Waals surface area contributed by atoms with Gasteiger partial charge in [0.25, 0.3) is 0 Å². The molecule has 138 valence electrons. The first-order valence-electron chi connectivity index (χ1n) is 8.98. The Labute approximate surface area is 149 Å². The maximum absolute atomic E-state index is 12.3. The Morgan fingerprint density at radius 1 is 1.12 bits per heavy atom. The first kappa shape index (κ1) is 19.3. The molecule has 1 aliphatic carbocycles. The molecule has 1 fully saturated rings. The van der Waals surface area contributed by atoms with E-state index in [-0.39, 0.29) is 12.4 Å².